The molecule has 7 rings (SSSR count). The highest BCUT2D eigenvalue weighted by atomic mass is 16.2. The third kappa shape index (κ3) is 3.79. The van der Waals surface area contributed by atoms with Crippen LogP contribution in [-0.2, 0) is 4.79 Å². The zero-order chi connectivity index (χ0) is 22.8. The number of hydrogen-bond donors (Lipinski definition) is 1. The van der Waals surface area contributed by atoms with E-state index in [4.69, 9.17) is 4.99 Å². The van der Waals surface area contributed by atoms with Crippen LogP contribution >= 0.6 is 0 Å². The first-order chi connectivity index (χ1) is 16.6. The van der Waals surface area contributed by atoms with E-state index >= 15 is 0 Å². The lowest BCUT2D eigenvalue weighted by Gasteiger charge is -2.36. The van der Waals surface area contributed by atoms with Crippen LogP contribution in [0.5, 0.6) is 0 Å². The Morgan fingerprint density at radius 1 is 1.12 bits per heavy atom. The van der Waals surface area contributed by atoms with Gasteiger partial charge in [-0.3, -0.25) is 19.5 Å². The van der Waals surface area contributed by atoms with Crippen LogP contribution in [0.2, 0.25) is 0 Å². The highest BCUT2D eigenvalue weighted by Crippen LogP contribution is 2.40. The van der Waals surface area contributed by atoms with Gasteiger partial charge in [-0.15, -0.1) is 0 Å². The second kappa shape index (κ2) is 7.70. The van der Waals surface area contributed by atoms with E-state index < -0.39 is 0 Å². The second-order valence-corrected chi connectivity index (χ2v) is 10.4. The minimum Gasteiger partial charge on any atom is -0.364 e. The number of piperazine rings is 1. The number of rotatable bonds is 6. The highest BCUT2D eigenvalue weighted by Gasteiger charge is 2.49. The predicted molar refractivity (Wildman–Crippen MR) is 129 cm³/mol. The van der Waals surface area contributed by atoms with Gasteiger partial charge in [-0.1, -0.05) is 0 Å². The van der Waals surface area contributed by atoms with E-state index in [2.05, 4.69) is 31.2 Å². The molecule has 8 nitrogen and oxygen atoms in total. The van der Waals surface area contributed by atoms with Crippen molar-refractivity contribution in [3.8, 4) is 0 Å². The smallest absolute Gasteiger partial charge is 0.273 e. The average Bonchev–Trinajstić information content (AvgIpc) is 3.67. The number of aromatic nitrogens is 1. The summed E-state index contributed by atoms with van der Waals surface area (Å²) in [5.74, 6) is 0.270. The van der Waals surface area contributed by atoms with E-state index in [0.29, 0.717) is 29.7 Å². The van der Waals surface area contributed by atoms with E-state index in [1.54, 1.807) is 0 Å². The summed E-state index contributed by atoms with van der Waals surface area (Å²) >= 11 is 0. The number of nitrogens with one attached hydrogen (secondary N) is 1. The van der Waals surface area contributed by atoms with Gasteiger partial charge in [-0.25, -0.2) is 9.98 Å². The van der Waals surface area contributed by atoms with Gasteiger partial charge in [0, 0.05) is 49.5 Å². The number of amides is 2. The number of nitrogens with zero attached hydrogens (tertiary/aromatic N) is 5. The lowest BCUT2D eigenvalue weighted by molar-refractivity contribution is -0.114. The fourth-order valence-electron chi connectivity index (χ4n) is 5.40. The van der Waals surface area contributed by atoms with E-state index in [-0.39, 0.29) is 17.9 Å². The van der Waals surface area contributed by atoms with E-state index in [1.807, 2.05) is 30.6 Å². The molecule has 3 saturated carbocycles. The number of pyridine rings is 1. The van der Waals surface area contributed by atoms with Crippen molar-refractivity contribution in [2.75, 3.05) is 24.5 Å². The molecule has 0 spiro atoms. The topological polar surface area (TPSA) is 90.3 Å². The molecule has 4 fully saturated rings. The van der Waals surface area contributed by atoms with Crippen molar-refractivity contribution in [2.24, 2.45) is 15.9 Å². The van der Waals surface area contributed by atoms with Gasteiger partial charge in [-0.05, 0) is 67.9 Å². The quantitative estimate of drug-likeness (QED) is 0.707. The first-order valence-corrected chi connectivity index (χ1v) is 12.5. The lowest BCUT2D eigenvalue weighted by atomic mass is 9.97. The number of carbonyl (C=O) groups excluding carboxylic acids is 2. The molecular formula is C26H28N6O2. The lowest BCUT2D eigenvalue weighted by Crippen LogP contribution is -2.47. The molecule has 3 aliphatic heterocycles. The van der Waals surface area contributed by atoms with Crippen LogP contribution in [-0.4, -0.2) is 77.4 Å². The summed E-state index contributed by atoms with van der Waals surface area (Å²) in [5, 5.41) is 2.99. The third-order valence-corrected chi connectivity index (χ3v) is 7.70. The molecule has 6 aliphatic rings. The van der Waals surface area contributed by atoms with Gasteiger partial charge in [0.2, 0.25) is 0 Å². The van der Waals surface area contributed by atoms with Crippen molar-refractivity contribution < 1.29 is 9.59 Å². The Kier molecular flexibility index (Phi) is 4.59. The van der Waals surface area contributed by atoms with Gasteiger partial charge in [-0.2, -0.15) is 0 Å². The van der Waals surface area contributed by atoms with Gasteiger partial charge in [0.25, 0.3) is 11.8 Å². The summed E-state index contributed by atoms with van der Waals surface area (Å²) in [6.07, 6.45) is 13.4. The maximum atomic E-state index is 12.4. The third-order valence-electron chi connectivity index (χ3n) is 7.70. The maximum absolute atomic E-state index is 12.4. The number of dihydropyridines is 2. The van der Waals surface area contributed by atoms with Crippen molar-refractivity contribution in [1.82, 2.24) is 15.2 Å². The summed E-state index contributed by atoms with van der Waals surface area (Å²) in [6, 6.07) is 5.10. The molecule has 1 aromatic heterocycles. The summed E-state index contributed by atoms with van der Waals surface area (Å²) in [6.45, 7) is 2.71. The van der Waals surface area contributed by atoms with Gasteiger partial charge >= 0.3 is 0 Å². The van der Waals surface area contributed by atoms with Gasteiger partial charge in [0.1, 0.15) is 11.7 Å². The van der Waals surface area contributed by atoms with Crippen molar-refractivity contribution in [3.05, 3.63) is 47.3 Å². The normalized spacial score (nSPS) is 30.1. The van der Waals surface area contributed by atoms with Crippen molar-refractivity contribution in [1.29, 1.82) is 0 Å². The molecule has 0 aromatic carbocycles. The minimum atomic E-state index is -0.0931. The molecule has 0 bridgehead atoms. The Morgan fingerprint density at radius 3 is 2.76 bits per heavy atom. The van der Waals surface area contributed by atoms with Gasteiger partial charge < -0.3 is 10.2 Å². The highest BCUT2D eigenvalue weighted by molar-refractivity contribution is 6.17. The van der Waals surface area contributed by atoms with Crippen LogP contribution in [0.15, 0.2) is 51.6 Å². The molecular weight excluding hydrogens is 428 g/mol. The van der Waals surface area contributed by atoms with Crippen molar-refractivity contribution in [2.45, 2.75) is 56.3 Å². The molecule has 34 heavy (non-hydrogen) atoms. The fourth-order valence-corrected chi connectivity index (χ4v) is 5.40. The molecule has 8 heteroatoms. The molecule has 2 amide bonds. The van der Waals surface area contributed by atoms with E-state index in [1.165, 1.54) is 0 Å². The number of carbonyl (C=O) groups is 2. The van der Waals surface area contributed by atoms with Crippen molar-refractivity contribution in [3.63, 3.8) is 0 Å². The van der Waals surface area contributed by atoms with Gasteiger partial charge in [0.15, 0.2) is 0 Å². The minimum absolute atomic E-state index is 0.0676. The largest absolute Gasteiger partial charge is 0.364 e. The first kappa shape index (κ1) is 20.3. The van der Waals surface area contributed by atoms with Crippen LogP contribution < -0.4 is 10.2 Å². The van der Waals surface area contributed by atoms with Crippen LogP contribution in [0.4, 0.5) is 5.69 Å². The molecule has 4 heterocycles. The standard InChI is InChI=1S/C26H28N6O2/c33-25-19(16-1-2-16)10-21-22(30-25)9-15(12-27-21)14-31-7-8-32(24-11-23(24)31)18-5-6-20(28-13-18)26(34)29-17-3-4-17/h5-6,9-10,12-13,16-17,21,23-24H,1-4,7-8,11,14H2,(H,29,34)/t21?,23-,24+/m0/s1. The molecule has 3 aliphatic carbocycles. The predicted octanol–water partition coefficient (Wildman–Crippen LogP) is 1.93. The zero-order valence-electron chi connectivity index (χ0n) is 19.1. The summed E-state index contributed by atoms with van der Waals surface area (Å²) < 4.78 is 0. The Morgan fingerprint density at radius 2 is 2.00 bits per heavy atom. The number of aliphatic imine (C=N–C) groups is 2. The van der Waals surface area contributed by atoms with E-state index in [0.717, 1.165) is 74.3 Å². The summed E-state index contributed by atoms with van der Waals surface area (Å²) in [5.41, 5.74) is 4.36. The van der Waals surface area contributed by atoms with Crippen molar-refractivity contribution >= 4 is 29.4 Å². The van der Waals surface area contributed by atoms with E-state index in [9.17, 15) is 9.59 Å². The second-order valence-electron chi connectivity index (χ2n) is 10.4. The molecule has 3 atom stereocenters. The molecule has 1 aromatic rings. The maximum Gasteiger partial charge on any atom is 0.273 e. The van der Waals surface area contributed by atoms with Gasteiger partial charge in [0.05, 0.1) is 17.6 Å². The van der Waals surface area contributed by atoms with Crippen LogP contribution in [0, 0.1) is 5.92 Å². The first-order valence-electron chi connectivity index (χ1n) is 12.5. The summed E-state index contributed by atoms with van der Waals surface area (Å²) in [7, 11) is 0. The zero-order valence-corrected chi connectivity index (χ0v) is 19.1. The number of anilines is 1. The van der Waals surface area contributed by atoms with Crippen LogP contribution in [0.25, 0.3) is 0 Å². The molecule has 1 unspecified atom stereocenters. The average molecular weight is 457 g/mol. The summed E-state index contributed by atoms with van der Waals surface area (Å²) in [4.78, 5) is 43.0. The van der Waals surface area contributed by atoms with Crippen LogP contribution in [0.3, 0.4) is 0 Å². The monoisotopic (exact) mass is 456 g/mol. The Labute approximate surface area is 198 Å². The molecule has 1 N–H and O–H groups in total. The number of fused-ring (bicyclic) bond motifs is 2. The fraction of sp³-hybridized carbons (Fsp3) is 0.500. The Hall–Kier alpha value is -3.13. The molecule has 1 saturated heterocycles. The Bertz CT molecular complexity index is 1170. The molecule has 0 radical (unpaired) electrons. The Balaban J connectivity index is 0.980. The molecule has 174 valence electrons. The SMILES string of the molecule is O=C1N=C2C=C(CN3CCN(c4ccc(C(=O)NC5CC5)nc4)[C@@H]4C[C@@H]43)C=NC2C=C1C1CC1. The number of hydrogen-bond acceptors (Lipinski definition) is 6. The van der Waals surface area contributed by atoms with Crippen LogP contribution in [0.1, 0.15) is 42.6 Å².